The smallest absolute Gasteiger partial charge is 0.115 e. The van der Waals surface area contributed by atoms with Gasteiger partial charge in [0.15, 0.2) is 0 Å². The number of phenolic OH excluding ortho intramolecular Hbond substituents is 1. The van der Waals surface area contributed by atoms with Crippen molar-refractivity contribution in [2.45, 2.75) is 4.90 Å². The summed E-state index contributed by atoms with van der Waals surface area (Å²) in [6, 6.07) is 6.84. The van der Waals surface area contributed by atoms with Gasteiger partial charge in [0, 0.05) is 43.1 Å². The zero-order valence-corrected chi connectivity index (χ0v) is 9.35. The Morgan fingerprint density at radius 2 is 1.82 bits per heavy atom. The largest absolute Gasteiger partial charge is 0.508 e. The van der Waals surface area contributed by atoms with E-state index in [4.69, 9.17) is 9.29 Å². The van der Waals surface area contributed by atoms with Crippen molar-refractivity contribution in [2.24, 2.45) is 0 Å². The molecule has 0 saturated carbocycles. The summed E-state index contributed by atoms with van der Waals surface area (Å²) in [6.45, 7) is 0. The van der Waals surface area contributed by atoms with Crippen LogP contribution in [0.2, 0.25) is 0 Å². The predicted molar refractivity (Wildman–Crippen MR) is 41.0 cm³/mol. The van der Waals surface area contributed by atoms with E-state index in [1.165, 1.54) is 12.0 Å². The molecule has 0 saturated heterocycles. The molecule has 0 aliphatic rings. The van der Waals surface area contributed by atoms with E-state index >= 15 is 0 Å². The summed E-state index contributed by atoms with van der Waals surface area (Å²) in [5.74, 6) is 0.278. The standard InChI is InChI=1S/C7H8O2S.Zr/c1-9-10-7-4-2-6(8)3-5-7;/h2-5,8H,1H3;. The third-order valence-corrected chi connectivity index (χ3v) is 1.65. The SMILES string of the molecule is COSc1ccc(O)cc1.[Zr]. The van der Waals surface area contributed by atoms with Crippen LogP contribution >= 0.6 is 12.0 Å². The maximum Gasteiger partial charge on any atom is 0.115 e. The Hall–Kier alpha value is 0.213. The van der Waals surface area contributed by atoms with Crippen molar-refractivity contribution in [3.05, 3.63) is 24.3 Å². The number of hydrogen-bond acceptors (Lipinski definition) is 3. The number of aromatic hydroxyl groups is 1. The molecule has 1 N–H and O–H groups in total. The zero-order valence-electron chi connectivity index (χ0n) is 6.07. The fraction of sp³-hybridized carbons (Fsp3) is 0.143. The Balaban J connectivity index is 0.000001000. The van der Waals surface area contributed by atoms with E-state index in [9.17, 15) is 0 Å². The van der Waals surface area contributed by atoms with Gasteiger partial charge in [-0.1, -0.05) is 0 Å². The molecule has 0 atom stereocenters. The fourth-order valence-corrected chi connectivity index (χ4v) is 1.04. The predicted octanol–water partition coefficient (Wildman–Crippen LogP) is 2.04. The summed E-state index contributed by atoms with van der Waals surface area (Å²) in [4.78, 5) is 0.986. The minimum atomic E-state index is 0. The number of hydrogen-bond donors (Lipinski definition) is 1. The second-order valence-electron chi connectivity index (χ2n) is 1.74. The first-order valence-corrected chi connectivity index (χ1v) is 3.57. The summed E-state index contributed by atoms with van der Waals surface area (Å²) in [6.07, 6.45) is 0. The normalized spacial score (nSPS) is 8.82. The first-order chi connectivity index (χ1) is 4.83. The molecule has 0 amide bonds. The Morgan fingerprint density at radius 3 is 2.27 bits per heavy atom. The molecular weight excluding hydrogens is 239 g/mol. The molecular formula is C7H8O2SZr. The van der Waals surface area contributed by atoms with Crippen molar-refractivity contribution in [2.75, 3.05) is 7.11 Å². The molecule has 4 heteroatoms. The molecule has 1 rings (SSSR count). The van der Waals surface area contributed by atoms with Crippen LogP contribution < -0.4 is 0 Å². The van der Waals surface area contributed by atoms with Crippen LogP contribution in [0.1, 0.15) is 0 Å². The van der Waals surface area contributed by atoms with Gasteiger partial charge >= 0.3 is 0 Å². The number of benzene rings is 1. The molecule has 0 fully saturated rings. The Bertz CT molecular complexity index is 200. The van der Waals surface area contributed by atoms with E-state index in [1.807, 2.05) is 0 Å². The molecule has 1 aromatic carbocycles. The van der Waals surface area contributed by atoms with Crippen LogP contribution in [0.15, 0.2) is 29.2 Å². The van der Waals surface area contributed by atoms with Gasteiger partial charge in [-0.15, -0.1) is 0 Å². The Morgan fingerprint density at radius 1 is 1.27 bits per heavy atom. The van der Waals surface area contributed by atoms with Gasteiger partial charge < -0.3 is 9.29 Å². The van der Waals surface area contributed by atoms with Crippen molar-refractivity contribution in [1.82, 2.24) is 0 Å². The van der Waals surface area contributed by atoms with Gasteiger partial charge in [-0.25, -0.2) is 0 Å². The third kappa shape index (κ3) is 3.95. The molecule has 1 aromatic rings. The summed E-state index contributed by atoms with van der Waals surface area (Å²) >= 11 is 1.27. The molecule has 0 bridgehead atoms. The van der Waals surface area contributed by atoms with Crippen LogP contribution in [-0.2, 0) is 30.4 Å². The van der Waals surface area contributed by atoms with Gasteiger partial charge in [-0.2, -0.15) is 0 Å². The van der Waals surface area contributed by atoms with E-state index in [0.717, 1.165) is 4.90 Å². The Kier molecular flexibility index (Phi) is 5.92. The van der Waals surface area contributed by atoms with E-state index in [0.29, 0.717) is 0 Å². The van der Waals surface area contributed by atoms with Crippen LogP contribution in [0.5, 0.6) is 5.75 Å². The zero-order chi connectivity index (χ0) is 7.40. The second-order valence-corrected chi connectivity index (χ2v) is 2.72. The molecule has 0 heterocycles. The topological polar surface area (TPSA) is 29.5 Å². The summed E-state index contributed by atoms with van der Waals surface area (Å²) in [7, 11) is 1.61. The molecule has 2 nitrogen and oxygen atoms in total. The molecule has 0 spiro atoms. The van der Waals surface area contributed by atoms with Gasteiger partial charge in [-0.05, 0) is 24.3 Å². The molecule has 0 radical (unpaired) electrons. The average Bonchev–Trinajstić information content (AvgIpc) is 1.95. The van der Waals surface area contributed by atoms with Crippen LogP contribution in [0.25, 0.3) is 0 Å². The van der Waals surface area contributed by atoms with Gasteiger partial charge in [-0.3, -0.25) is 0 Å². The molecule has 0 aromatic heterocycles. The van der Waals surface area contributed by atoms with Crippen molar-refractivity contribution in [3.8, 4) is 5.75 Å². The van der Waals surface area contributed by atoms with Crippen molar-refractivity contribution in [1.29, 1.82) is 0 Å². The van der Waals surface area contributed by atoms with Crippen molar-refractivity contribution >= 4 is 12.0 Å². The Labute approximate surface area is 89.3 Å². The van der Waals surface area contributed by atoms with Crippen LogP contribution in [-0.4, -0.2) is 12.2 Å². The summed E-state index contributed by atoms with van der Waals surface area (Å²) in [5, 5.41) is 8.87. The minimum Gasteiger partial charge on any atom is -0.508 e. The summed E-state index contributed by atoms with van der Waals surface area (Å²) in [5.41, 5.74) is 0. The first kappa shape index (κ1) is 11.2. The maximum atomic E-state index is 8.87. The van der Waals surface area contributed by atoms with Crippen LogP contribution in [0, 0.1) is 0 Å². The second kappa shape index (κ2) is 5.81. The molecule has 58 valence electrons. The molecule has 11 heavy (non-hydrogen) atoms. The van der Waals surface area contributed by atoms with Gasteiger partial charge in [0.25, 0.3) is 0 Å². The van der Waals surface area contributed by atoms with Crippen molar-refractivity contribution < 1.29 is 35.5 Å². The van der Waals surface area contributed by atoms with E-state index in [1.54, 1.807) is 31.4 Å². The summed E-state index contributed by atoms with van der Waals surface area (Å²) < 4.78 is 4.80. The molecule has 0 aliphatic carbocycles. The van der Waals surface area contributed by atoms with E-state index in [2.05, 4.69) is 0 Å². The van der Waals surface area contributed by atoms with E-state index < -0.39 is 0 Å². The maximum absolute atomic E-state index is 8.87. The minimum absolute atomic E-state index is 0. The molecule has 0 unspecified atom stereocenters. The van der Waals surface area contributed by atoms with Crippen LogP contribution in [0.3, 0.4) is 0 Å². The first-order valence-electron chi connectivity index (χ1n) is 2.82. The third-order valence-electron chi connectivity index (χ3n) is 1.02. The monoisotopic (exact) mass is 246 g/mol. The average molecular weight is 247 g/mol. The van der Waals surface area contributed by atoms with Crippen LogP contribution in [0.4, 0.5) is 0 Å². The molecule has 0 aliphatic heterocycles. The number of rotatable bonds is 2. The number of phenols is 1. The van der Waals surface area contributed by atoms with Gasteiger partial charge in [0.2, 0.25) is 0 Å². The van der Waals surface area contributed by atoms with Gasteiger partial charge in [0.1, 0.15) is 5.75 Å². The van der Waals surface area contributed by atoms with E-state index in [-0.39, 0.29) is 32.0 Å². The van der Waals surface area contributed by atoms with Gasteiger partial charge in [0.05, 0.1) is 7.11 Å². The fourth-order valence-electron chi connectivity index (χ4n) is 0.598. The van der Waals surface area contributed by atoms with Crippen molar-refractivity contribution in [3.63, 3.8) is 0 Å². The quantitative estimate of drug-likeness (QED) is 0.811.